The predicted octanol–water partition coefficient (Wildman–Crippen LogP) is 14.4. The number of hydrogen-bond acceptors (Lipinski definition) is 5. The molecule has 0 amide bonds. The van der Waals surface area contributed by atoms with E-state index in [0.717, 1.165) is 42.3 Å². The van der Waals surface area contributed by atoms with Crippen LogP contribution in [0.4, 0.5) is 0 Å². The van der Waals surface area contributed by atoms with Gasteiger partial charge in [0.25, 0.3) is 0 Å². The molecular weight excluding hydrogens is 855 g/mol. The number of hydrogen-bond donors (Lipinski definition) is 1. The maximum absolute atomic E-state index is 12.2. The number of aliphatic hydroxyl groups excluding tert-OH is 1. The summed E-state index contributed by atoms with van der Waals surface area (Å²) >= 11 is 3.77. The molecule has 3 nitrogen and oxygen atoms in total. The summed E-state index contributed by atoms with van der Waals surface area (Å²) in [6.07, 6.45) is 6.71. The number of aliphatic hydroxyl groups is 1. The van der Waals surface area contributed by atoms with Crippen molar-refractivity contribution in [3.05, 3.63) is 101 Å². The molecule has 52 heavy (non-hydrogen) atoms. The molecule has 3 heterocycles. The number of aryl methyl sites for hydroxylation is 2. The van der Waals surface area contributed by atoms with Crippen LogP contribution >= 0.6 is 22.7 Å². The van der Waals surface area contributed by atoms with Crippen LogP contribution in [0.25, 0.3) is 52.6 Å². The Morgan fingerprint density at radius 1 is 0.808 bits per heavy atom. The summed E-state index contributed by atoms with van der Waals surface area (Å²) in [6, 6.07) is 25.5. The number of carbonyl (C=O) groups excluding carboxylic acids is 1. The van der Waals surface area contributed by atoms with Crippen molar-refractivity contribution >= 4 is 59.4 Å². The van der Waals surface area contributed by atoms with Gasteiger partial charge in [0.15, 0.2) is 5.78 Å². The second kappa shape index (κ2) is 16.5. The minimum atomic E-state index is -0.337. The van der Waals surface area contributed by atoms with Crippen LogP contribution in [0.2, 0.25) is 0 Å². The minimum Gasteiger partial charge on any atom is -0.512 e. The average molecular weight is 909 g/mol. The molecule has 0 aliphatic heterocycles. The molecule has 0 saturated heterocycles. The van der Waals surface area contributed by atoms with Gasteiger partial charge in [-0.05, 0) is 68.0 Å². The quantitative estimate of drug-likeness (QED) is 0.0893. The van der Waals surface area contributed by atoms with Gasteiger partial charge in [0.2, 0.25) is 0 Å². The number of allylic oxidation sites excluding steroid dienone is 2. The number of pyridine rings is 1. The molecule has 3 aromatic carbocycles. The summed E-state index contributed by atoms with van der Waals surface area (Å²) in [5.41, 5.74) is 5.56. The first-order chi connectivity index (χ1) is 24.1. The SMILES string of the molecule is CCC(C)(CC)C(=O)/C=C(\O)C(C)(CC)CC.Cc1sc2ccccc2c1-c1sc2ccnc(-c3[c-]c4ccccc4c(C(C)(C)C)c3)c2c1C.[Ir]. The zero-order chi connectivity index (χ0) is 37.3. The van der Waals surface area contributed by atoms with E-state index in [1.54, 1.807) is 0 Å². The molecule has 0 spiro atoms. The largest absolute Gasteiger partial charge is 0.512 e. The third-order valence-corrected chi connectivity index (χ3v) is 13.6. The van der Waals surface area contributed by atoms with Crippen molar-refractivity contribution in [3.8, 4) is 21.7 Å². The van der Waals surface area contributed by atoms with Crippen molar-refractivity contribution in [2.75, 3.05) is 0 Å². The van der Waals surface area contributed by atoms with Crippen molar-refractivity contribution < 1.29 is 30.0 Å². The van der Waals surface area contributed by atoms with E-state index < -0.39 is 0 Å². The van der Waals surface area contributed by atoms with Gasteiger partial charge in [-0.25, -0.2) is 0 Å². The van der Waals surface area contributed by atoms with Gasteiger partial charge < -0.3 is 5.11 Å². The second-order valence-corrected chi connectivity index (χ2v) is 17.7. The summed E-state index contributed by atoms with van der Waals surface area (Å²) in [6.45, 7) is 23.4. The molecule has 0 unspecified atom stereocenters. The Balaban J connectivity index is 0.000000289. The summed E-state index contributed by atoms with van der Waals surface area (Å²) in [5.74, 6) is 0.286. The van der Waals surface area contributed by atoms with Crippen LogP contribution in [0.15, 0.2) is 78.7 Å². The smallest absolute Gasteiger partial charge is 0.164 e. The van der Waals surface area contributed by atoms with E-state index in [4.69, 9.17) is 4.98 Å². The third kappa shape index (κ3) is 8.02. The van der Waals surface area contributed by atoms with Crippen molar-refractivity contribution in [2.24, 2.45) is 10.8 Å². The van der Waals surface area contributed by atoms with E-state index in [1.165, 1.54) is 58.1 Å². The topological polar surface area (TPSA) is 50.2 Å². The first kappa shape index (κ1) is 41.6. The normalized spacial score (nSPS) is 12.6. The fourth-order valence-electron chi connectivity index (χ4n) is 6.75. The Morgan fingerprint density at radius 3 is 2.02 bits per heavy atom. The first-order valence-electron chi connectivity index (χ1n) is 18.4. The van der Waals surface area contributed by atoms with Crippen molar-refractivity contribution in [2.45, 2.75) is 107 Å². The van der Waals surface area contributed by atoms with Gasteiger partial charge in [0, 0.05) is 79.0 Å². The maximum Gasteiger partial charge on any atom is 0.164 e. The van der Waals surface area contributed by atoms with E-state index in [2.05, 4.69) is 101 Å². The molecule has 0 fully saturated rings. The number of ketones is 1. The molecule has 0 bridgehead atoms. The average Bonchev–Trinajstić information content (AvgIpc) is 3.64. The molecule has 0 saturated carbocycles. The molecule has 6 aromatic rings. The van der Waals surface area contributed by atoms with Crippen LogP contribution in [-0.4, -0.2) is 15.9 Å². The van der Waals surface area contributed by atoms with Gasteiger partial charge in [-0.1, -0.05) is 110 Å². The zero-order valence-corrected chi connectivity index (χ0v) is 36.7. The van der Waals surface area contributed by atoms with Gasteiger partial charge in [0.1, 0.15) is 5.76 Å². The van der Waals surface area contributed by atoms with Gasteiger partial charge in [0.05, 0.1) is 0 Å². The summed E-state index contributed by atoms with van der Waals surface area (Å²) < 4.78 is 2.63. The standard InChI is InChI=1S/C31H26NS2.C15H28O2.Ir/c1-18-27-26(34-30(18)28-19(2)33-25-13-9-8-12-23(25)28)14-15-32-29(27)21-16-20-10-6-7-11-22(20)24(17-21)31(3,4)5;1-7-14(5,8-2)12(16)11-13(17)15(6,9-3)10-4;/h6-15,17H,1-5H3;11,16H,7-10H2,1-6H3;/q-1;;/b;12-11-;. The number of rotatable bonds is 9. The minimum absolute atomic E-state index is 0. The first-order valence-corrected chi connectivity index (χ1v) is 20.0. The number of fused-ring (bicyclic) bond motifs is 3. The summed E-state index contributed by atoms with van der Waals surface area (Å²) in [4.78, 5) is 19.8. The second-order valence-electron chi connectivity index (χ2n) is 15.4. The monoisotopic (exact) mass is 909 g/mol. The fraction of sp³-hybridized carbons (Fsp3) is 0.391. The van der Waals surface area contributed by atoms with E-state index in [-0.39, 0.29) is 47.9 Å². The fourth-order valence-corrected chi connectivity index (χ4v) is 9.20. The molecule has 1 radical (unpaired) electrons. The Labute approximate surface area is 333 Å². The molecule has 3 aromatic heterocycles. The molecule has 0 atom stereocenters. The Hall–Kier alpha value is -3.15. The van der Waals surface area contributed by atoms with Crippen LogP contribution in [0.1, 0.15) is 104 Å². The number of carbonyl (C=O) groups is 1. The van der Waals surface area contributed by atoms with Crippen LogP contribution in [0.5, 0.6) is 0 Å². The molecule has 0 aliphatic carbocycles. The van der Waals surface area contributed by atoms with E-state index >= 15 is 0 Å². The van der Waals surface area contributed by atoms with Gasteiger partial charge in [-0.15, -0.1) is 51.8 Å². The predicted molar refractivity (Wildman–Crippen MR) is 223 cm³/mol. The summed E-state index contributed by atoms with van der Waals surface area (Å²) in [5, 5.41) is 15.2. The Bertz CT molecular complexity index is 2220. The number of thiophene rings is 2. The van der Waals surface area contributed by atoms with E-state index in [9.17, 15) is 9.90 Å². The van der Waals surface area contributed by atoms with Gasteiger partial charge in [-0.2, -0.15) is 0 Å². The Morgan fingerprint density at radius 2 is 1.40 bits per heavy atom. The van der Waals surface area contributed by atoms with Gasteiger partial charge >= 0.3 is 0 Å². The number of benzene rings is 3. The molecule has 6 heteroatoms. The molecule has 0 aliphatic rings. The molecule has 277 valence electrons. The number of nitrogens with zero attached hydrogens (tertiary/aromatic N) is 1. The molecule has 1 N–H and O–H groups in total. The van der Waals surface area contributed by atoms with Crippen LogP contribution in [0, 0.1) is 30.7 Å². The molecule has 6 rings (SSSR count). The number of aromatic nitrogens is 1. The summed E-state index contributed by atoms with van der Waals surface area (Å²) in [7, 11) is 0. The van der Waals surface area contributed by atoms with Crippen molar-refractivity contribution in [3.63, 3.8) is 0 Å². The Kier molecular flexibility index (Phi) is 13.2. The van der Waals surface area contributed by atoms with Crippen LogP contribution < -0.4 is 0 Å². The van der Waals surface area contributed by atoms with Gasteiger partial charge in [-0.3, -0.25) is 9.78 Å². The van der Waals surface area contributed by atoms with Crippen LogP contribution in [-0.2, 0) is 30.3 Å². The zero-order valence-electron chi connectivity index (χ0n) is 32.7. The van der Waals surface area contributed by atoms with E-state index in [0.29, 0.717) is 0 Å². The molecular formula is C46H54IrNO2S2-. The van der Waals surface area contributed by atoms with E-state index in [1.807, 2.05) is 70.4 Å². The van der Waals surface area contributed by atoms with Crippen molar-refractivity contribution in [1.82, 2.24) is 4.98 Å². The van der Waals surface area contributed by atoms with Crippen LogP contribution in [0.3, 0.4) is 0 Å². The third-order valence-electron chi connectivity index (χ3n) is 11.3. The van der Waals surface area contributed by atoms with Crippen molar-refractivity contribution in [1.29, 1.82) is 0 Å². The maximum atomic E-state index is 12.2.